The van der Waals surface area contributed by atoms with Crippen molar-refractivity contribution >= 4 is 21.6 Å². The van der Waals surface area contributed by atoms with Crippen molar-refractivity contribution in [3.05, 3.63) is 22.4 Å². The van der Waals surface area contributed by atoms with Gasteiger partial charge in [0.15, 0.2) is 0 Å². The maximum atomic E-state index is 13.2. The molecule has 0 radical (unpaired) electrons. The Balaban J connectivity index is 2.28. The molecule has 1 aromatic rings. The first-order valence-electron chi connectivity index (χ1n) is 5.31. The average Bonchev–Trinajstić information content (AvgIpc) is 2.28. The third-order valence-electron chi connectivity index (χ3n) is 2.01. The molecule has 1 aromatic carbocycles. The van der Waals surface area contributed by atoms with Gasteiger partial charge >= 0.3 is 6.18 Å². The van der Waals surface area contributed by atoms with Gasteiger partial charge in [-0.25, -0.2) is 4.39 Å². The minimum atomic E-state index is -4.33. The minimum absolute atomic E-state index is 0.0864. The first kappa shape index (κ1) is 16.0. The van der Waals surface area contributed by atoms with E-state index in [1.54, 1.807) is 0 Å². The number of rotatable bonds is 6. The molecule has 2 N–H and O–H groups in total. The SMILES string of the molecule is Nc1cc(Br)c(F)cc1OCCCOCC(F)(F)F. The largest absolute Gasteiger partial charge is 0.491 e. The molecule has 8 heteroatoms. The molecule has 108 valence electrons. The van der Waals surface area contributed by atoms with Crippen LogP contribution >= 0.6 is 15.9 Å². The number of halogens is 5. The quantitative estimate of drug-likeness (QED) is 0.487. The van der Waals surface area contributed by atoms with Crippen LogP contribution in [-0.2, 0) is 4.74 Å². The Morgan fingerprint density at radius 2 is 1.89 bits per heavy atom. The summed E-state index contributed by atoms with van der Waals surface area (Å²) in [4.78, 5) is 0. The van der Waals surface area contributed by atoms with Crippen molar-refractivity contribution in [3.63, 3.8) is 0 Å². The van der Waals surface area contributed by atoms with Crippen LogP contribution in [0.1, 0.15) is 6.42 Å². The molecule has 3 nitrogen and oxygen atoms in total. The van der Waals surface area contributed by atoms with E-state index in [2.05, 4.69) is 20.7 Å². The van der Waals surface area contributed by atoms with Gasteiger partial charge in [0.05, 0.1) is 23.4 Å². The normalized spacial score (nSPS) is 11.6. The fourth-order valence-corrected chi connectivity index (χ4v) is 1.56. The number of ether oxygens (including phenoxy) is 2. The third kappa shape index (κ3) is 6.11. The summed E-state index contributed by atoms with van der Waals surface area (Å²) in [5, 5.41) is 0. The number of nitrogen functional groups attached to an aromatic ring is 1. The Kier molecular flexibility index (Phi) is 5.86. The average molecular weight is 346 g/mol. The number of anilines is 1. The Hall–Kier alpha value is -1.02. The summed E-state index contributed by atoms with van der Waals surface area (Å²) in [6.07, 6.45) is -4.09. The number of hydrogen-bond acceptors (Lipinski definition) is 3. The van der Waals surface area contributed by atoms with Crippen LogP contribution in [0.15, 0.2) is 16.6 Å². The van der Waals surface area contributed by atoms with Gasteiger partial charge in [-0.1, -0.05) is 0 Å². The molecule has 0 bridgehead atoms. The van der Waals surface area contributed by atoms with Crippen LogP contribution in [0, 0.1) is 5.82 Å². The molecule has 0 saturated heterocycles. The zero-order valence-electron chi connectivity index (χ0n) is 9.77. The van der Waals surface area contributed by atoms with E-state index in [9.17, 15) is 17.6 Å². The molecule has 0 amide bonds. The van der Waals surface area contributed by atoms with Crippen molar-refractivity contribution < 1.29 is 27.0 Å². The molecule has 0 saturated carbocycles. The zero-order valence-corrected chi connectivity index (χ0v) is 11.4. The van der Waals surface area contributed by atoms with E-state index in [1.807, 2.05) is 0 Å². The predicted molar refractivity (Wildman–Crippen MR) is 65.5 cm³/mol. The van der Waals surface area contributed by atoms with Crippen molar-refractivity contribution in [2.75, 3.05) is 25.6 Å². The van der Waals surface area contributed by atoms with E-state index in [0.29, 0.717) is 0 Å². The number of nitrogens with two attached hydrogens (primary N) is 1. The second-order valence-corrected chi connectivity index (χ2v) is 4.53. The summed E-state index contributed by atoms with van der Waals surface area (Å²) in [7, 11) is 0. The molecule has 0 atom stereocenters. The highest BCUT2D eigenvalue weighted by Gasteiger charge is 2.27. The lowest BCUT2D eigenvalue weighted by molar-refractivity contribution is -0.174. The molecule has 0 aromatic heterocycles. The van der Waals surface area contributed by atoms with Gasteiger partial charge in [-0.2, -0.15) is 13.2 Å². The van der Waals surface area contributed by atoms with Crippen molar-refractivity contribution in [2.45, 2.75) is 12.6 Å². The Labute approximate surface area is 115 Å². The summed E-state index contributed by atoms with van der Waals surface area (Å²) < 4.78 is 58.2. The van der Waals surface area contributed by atoms with Crippen LogP contribution in [0.3, 0.4) is 0 Å². The standard InChI is InChI=1S/C11H12BrF4NO2/c12-7-4-9(17)10(5-8(7)13)19-3-1-2-18-6-11(14,15)16/h4-5H,1-3,6,17H2. The molecular formula is C11H12BrF4NO2. The van der Waals surface area contributed by atoms with Gasteiger partial charge in [-0.05, 0) is 22.0 Å². The zero-order chi connectivity index (χ0) is 14.5. The number of hydrogen-bond donors (Lipinski definition) is 1. The minimum Gasteiger partial charge on any atom is -0.491 e. The highest BCUT2D eigenvalue weighted by Crippen LogP contribution is 2.28. The molecule has 0 spiro atoms. The van der Waals surface area contributed by atoms with Crippen molar-refractivity contribution in [1.82, 2.24) is 0 Å². The lowest BCUT2D eigenvalue weighted by atomic mass is 10.3. The van der Waals surface area contributed by atoms with Gasteiger partial charge in [0.25, 0.3) is 0 Å². The van der Waals surface area contributed by atoms with Crippen LogP contribution < -0.4 is 10.5 Å². The predicted octanol–water partition coefficient (Wildman–Crippen LogP) is 3.52. The summed E-state index contributed by atoms with van der Waals surface area (Å²) in [5.74, 6) is -0.381. The van der Waals surface area contributed by atoms with E-state index in [4.69, 9.17) is 10.5 Å². The highest BCUT2D eigenvalue weighted by atomic mass is 79.9. The van der Waals surface area contributed by atoms with Crippen LogP contribution in [0.25, 0.3) is 0 Å². The number of alkyl halides is 3. The molecule has 0 aliphatic heterocycles. The van der Waals surface area contributed by atoms with E-state index in [0.717, 1.165) is 6.07 Å². The monoisotopic (exact) mass is 345 g/mol. The fraction of sp³-hybridized carbons (Fsp3) is 0.455. The van der Waals surface area contributed by atoms with Crippen molar-refractivity contribution in [2.24, 2.45) is 0 Å². The molecule has 19 heavy (non-hydrogen) atoms. The van der Waals surface area contributed by atoms with Crippen LogP contribution in [0.4, 0.5) is 23.2 Å². The molecule has 0 unspecified atom stereocenters. The van der Waals surface area contributed by atoms with Gasteiger partial charge < -0.3 is 15.2 Å². The van der Waals surface area contributed by atoms with Crippen molar-refractivity contribution in [3.8, 4) is 5.75 Å². The summed E-state index contributed by atoms with van der Waals surface area (Å²) in [6.45, 7) is -1.30. The fourth-order valence-electron chi connectivity index (χ4n) is 1.20. The van der Waals surface area contributed by atoms with Gasteiger partial charge in [0.1, 0.15) is 18.2 Å². The molecular weight excluding hydrogens is 334 g/mol. The Morgan fingerprint density at radius 3 is 2.53 bits per heavy atom. The van der Waals surface area contributed by atoms with Gasteiger partial charge in [-0.3, -0.25) is 0 Å². The maximum Gasteiger partial charge on any atom is 0.411 e. The molecule has 1 rings (SSSR count). The smallest absolute Gasteiger partial charge is 0.411 e. The second kappa shape index (κ2) is 6.95. The molecule has 0 aliphatic carbocycles. The van der Waals surface area contributed by atoms with Gasteiger partial charge in [0.2, 0.25) is 0 Å². The topological polar surface area (TPSA) is 44.5 Å². The first-order valence-corrected chi connectivity index (χ1v) is 6.10. The maximum absolute atomic E-state index is 13.2. The summed E-state index contributed by atoms with van der Waals surface area (Å²) in [6, 6.07) is 2.46. The van der Waals surface area contributed by atoms with Crippen LogP contribution in [-0.4, -0.2) is 26.0 Å². The van der Waals surface area contributed by atoms with E-state index in [-0.39, 0.29) is 35.5 Å². The lowest BCUT2D eigenvalue weighted by Crippen LogP contribution is -2.18. The van der Waals surface area contributed by atoms with Crippen LogP contribution in [0.5, 0.6) is 5.75 Å². The first-order chi connectivity index (χ1) is 8.79. The number of benzene rings is 1. The van der Waals surface area contributed by atoms with Crippen molar-refractivity contribution in [1.29, 1.82) is 0 Å². The third-order valence-corrected chi connectivity index (χ3v) is 2.62. The second-order valence-electron chi connectivity index (χ2n) is 3.67. The van der Waals surface area contributed by atoms with E-state index in [1.165, 1.54) is 6.07 Å². The highest BCUT2D eigenvalue weighted by molar-refractivity contribution is 9.10. The molecule has 0 heterocycles. The Morgan fingerprint density at radius 1 is 1.21 bits per heavy atom. The lowest BCUT2D eigenvalue weighted by Gasteiger charge is -2.10. The van der Waals surface area contributed by atoms with Gasteiger partial charge in [-0.15, -0.1) is 0 Å². The summed E-state index contributed by atoms with van der Waals surface area (Å²) >= 11 is 2.96. The van der Waals surface area contributed by atoms with Gasteiger partial charge in [0, 0.05) is 12.5 Å². The van der Waals surface area contributed by atoms with E-state index < -0.39 is 18.6 Å². The molecule has 0 aliphatic rings. The Bertz CT molecular complexity index is 426. The van der Waals surface area contributed by atoms with Crippen LogP contribution in [0.2, 0.25) is 0 Å². The summed E-state index contributed by atoms with van der Waals surface area (Å²) in [5.41, 5.74) is 5.83. The van der Waals surface area contributed by atoms with E-state index >= 15 is 0 Å². The molecule has 0 fully saturated rings.